The average Bonchev–Trinajstić information content (AvgIpc) is 2.97. The molecule has 7 heteroatoms. The van der Waals surface area contributed by atoms with Crippen molar-refractivity contribution in [1.29, 1.82) is 0 Å². The Morgan fingerprint density at radius 2 is 1.81 bits per heavy atom. The monoisotopic (exact) mass is 350 g/mol. The van der Waals surface area contributed by atoms with Crippen molar-refractivity contribution in [2.24, 2.45) is 16.1 Å². The summed E-state index contributed by atoms with van der Waals surface area (Å²) in [6, 6.07) is 17.6. The smallest absolute Gasteiger partial charge is 0.273 e. The molecule has 7 nitrogen and oxygen atoms in total. The topological polar surface area (TPSA) is 94.4 Å². The maximum atomic E-state index is 12.5. The van der Waals surface area contributed by atoms with Gasteiger partial charge in [-0.1, -0.05) is 48.5 Å². The van der Waals surface area contributed by atoms with Crippen LogP contribution >= 0.6 is 0 Å². The Balaban J connectivity index is 1.63. The highest BCUT2D eigenvalue weighted by atomic mass is 16.3. The molecule has 2 N–H and O–H groups in total. The third kappa shape index (κ3) is 3.68. The summed E-state index contributed by atoms with van der Waals surface area (Å²) in [6.45, 7) is 1.72. The summed E-state index contributed by atoms with van der Waals surface area (Å²) < 4.78 is 0. The molecule has 0 saturated heterocycles. The molecule has 0 saturated carbocycles. The molecule has 0 aliphatic carbocycles. The zero-order valence-electron chi connectivity index (χ0n) is 14.1. The predicted molar refractivity (Wildman–Crippen MR) is 98.6 cm³/mol. The van der Waals surface area contributed by atoms with Crippen LogP contribution < -0.4 is 10.4 Å². The lowest BCUT2D eigenvalue weighted by Gasteiger charge is -2.12. The number of amides is 2. The van der Waals surface area contributed by atoms with Gasteiger partial charge in [0.2, 0.25) is 0 Å². The normalized spacial score (nSPS) is 18.1. The number of carbonyl (C=O) groups excluding carboxylic acids is 2. The summed E-state index contributed by atoms with van der Waals surface area (Å²) in [5, 5.41) is 19.4. The van der Waals surface area contributed by atoms with Crippen LogP contribution in [-0.4, -0.2) is 28.8 Å². The number of hydrazone groups is 2. The van der Waals surface area contributed by atoms with Crippen LogP contribution in [0.25, 0.3) is 0 Å². The van der Waals surface area contributed by atoms with E-state index in [1.165, 1.54) is 11.2 Å². The minimum absolute atomic E-state index is 0.254. The van der Waals surface area contributed by atoms with Crippen molar-refractivity contribution in [2.75, 3.05) is 5.01 Å². The number of carbonyl (C=O) groups is 2. The molecule has 26 heavy (non-hydrogen) atoms. The number of hydrogen-bond acceptors (Lipinski definition) is 5. The molecule has 1 aliphatic heterocycles. The number of aliphatic hydroxyl groups is 1. The number of nitrogens with one attached hydrogen (secondary N) is 1. The fraction of sp³-hybridized carbons (Fsp3) is 0.158. The van der Waals surface area contributed by atoms with Crippen LogP contribution in [-0.2, 0) is 9.59 Å². The van der Waals surface area contributed by atoms with Crippen molar-refractivity contribution < 1.29 is 14.7 Å². The Hall–Kier alpha value is -3.32. The molecule has 0 aromatic heterocycles. The van der Waals surface area contributed by atoms with Crippen molar-refractivity contribution in [2.45, 2.75) is 13.0 Å². The highest BCUT2D eigenvalue weighted by Crippen LogP contribution is 2.22. The molecule has 3 rings (SSSR count). The number of para-hydroxylation sites is 1. The second-order valence-electron chi connectivity index (χ2n) is 5.77. The van der Waals surface area contributed by atoms with Crippen molar-refractivity contribution in [3.8, 4) is 0 Å². The summed E-state index contributed by atoms with van der Waals surface area (Å²) in [5.74, 6) is -1.59. The number of benzene rings is 2. The van der Waals surface area contributed by atoms with Gasteiger partial charge in [-0.25, -0.2) is 5.43 Å². The van der Waals surface area contributed by atoms with Crippen LogP contribution in [0.2, 0.25) is 0 Å². The third-order valence-electron chi connectivity index (χ3n) is 3.95. The molecule has 1 aliphatic rings. The SMILES string of the molecule is CC1=NN(c2ccccc2)C(=O)[C@H]1/C=N\NC(=O)[C@H](O)c1ccccc1. The van der Waals surface area contributed by atoms with Crippen molar-refractivity contribution >= 4 is 29.4 Å². The maximum absolute atomic E-state index is 12.5. The molecule has 2 aromatic carbocycles. The van der Waals surface area contributed by atoms with Gasteiger partial charge in [-0.05, 0) is 24.6 Å². The van der Waals surface area contributed by atoms with E-state index in [4.69, 9.17) is 0 Å². The van der Waals surface area contributed by atoms with Crippen LogP contribution in [0.15, 0.2) is 70.9 Å². The van der Waals surface area contributed by atoms with E-state index in [-0.39, 0.29) is 5.91 Å². The molecule has 0 unspecified atom stereocenters. The van der Waals surface area contributed by atoms with Crippen LogP contribution in [0.5, 0.6) is 0 Å². The Kier molecular flexibility index (Phi) is 5.19. The average molecular weight is 350 g/mol. The van der Waals surface area contributed by atoms with Crippen LogP contribution in [0.4, 0.5) is 5.69 Å². The van der Waals surface area contributed by atoms with Crippen LogP contribution in [0.1, 0.15) is 18.6 Å². The van der Waals surface area contributed by atoms with Gasteiger partial charge < -0.3 is 5.11 Å². The summed E-state index contributed by atoms with van der Waals surface area (Å²) >= 11 is 0. The van der Waals surface area contributed by atoms with E-state index < -0.39 is 17.9 Å². The van der Waals surface area contributed by atoms with Crippen molar-refractivity contribution in [1.82, 2.24) is 5.43 Å². The first kappa shape index (κ1) is 17.5. The molecule has 0 radical (unpaired) electrons. The van der Waals surface area contributed by atoms with Gasteiger partial charge in [0.15, 0.2) is 6.10 Å². The fourth-order valence-corrected chi connectivity index (χ4v) is 2.53. The lowest BCUT2D eigenvalue weighted by Crippen LogP contribution is -2.30. The van der Waals surface area contributed by atoms with Gasteiger partial charge in [0.25, 0.3) is 11.8 Å². The summed E-state index contributed by atoms with van der Waals surface area (Å²) in [4.78, 5) is 24.5. The number of nitrogens with zero attached hydrogens (tertiary/aromatic N) is 3. The number of aliphatic hydroxyl groups excluding tert-OH is 1. The van der Waals surface area contributed by atoms with E-state index in [0.29, 0.717) is 17.0 Å². The first-order valence-corrected chi connectivity index (χ1v) is 8.08. The van der Waals surface area contributed by atoms with Crippen LogP contribution in [0.3, 0.4) is 0 Å². The van der Waals surface area contributed by atoms with E-state index in [0.717, 1.165) is 0 Å². The molecule has 1 heterocycles. The third-order valence-corrected chi connectivity index (χ3v) is 3.95. The van der Waals surface area contributed by atoms with Crippen LogP contribution in [0, 0.1) is 5.92 Å². The largest absolute Gasteiger partial charge is 0.378 e. The summed E-state index contributed by atoms with van der Waals surface area (Å²) in [7, 11) is 0. The summed E-state index contributed by atoms with van der Waals surface area (Å²) in [6.07, 6.45) is -0.0112. The zero-order valence-corrected chi connectivity index (χ0v) is 14.1. The molecule has 2 amide bonds. The van der Waals surface area contributed by atoms with E-state index >= 15 is 0 Å². The number of hydrogen-bond donors (Lipinski definition) is 2. The molecule has 0 fully saturated rings. The Morgan fingerprint density at radius 1 is 1.19 bits per heavy atom. The molecule has 2 atom stereocenters. The first-order chi connectivity index (χ1) is 12.6. The first-order valence-electron chi connectivity index (χ1n) is 8.08. The van der Waals surface area contributed by atoms with E-state index in [1.54, 1.807) is 49.4 Å². The van der Waals surface area contributed by atoms with E-state index in [1.807, 2.05) is 18.2 Å². The molecular formula is C19H18N4O3. The highest BCUT2D eigenvalue weighted by molar-refractivity contribution is 6.23. The quantitative estimate of drug-likeness (QED) is 0.636. The standard InChI is InChI=1S/C19H18N4O3/c1-13-16(19(26)23(22-13)15-10-6-3-7-11-15)12-20-21-18(25)17(24)14-8-4-2-5-9-14/h2-12,16-17,24H,1H3,(H,21,25)/b20-12-/t16-,17+/m0/s1. The maximum Gasteiger partial charge on any atom is 0.273 e. The van der Waals surface area contributed by atoms with E-state index in [2.05, 4.69) is 15.6 Å². The molecule has 2 aromatic rings. The van der Waals surface area contributed by atoms with Gasteiger partial charge >= 0.3 is 0 Å². The lowest BCUT2D eigenvalue weighted by atomic mass is 10.1. The minimum atomic E-state index is -1.33. The predicted octanol–water partition coefficient (Wildman–Crippen LogP) is 1.86. The number of anilines is 1. The molecule has 0 spiro atoms. The highest BCUT2D eigenvalue weighted by Gasteiger charge is 2.33. The van der Waals surface area contributed by atoms with Gasteiger partial charge in [0.1, 0.15) is 5.92 Å². The minimum Gasteiger partial charge on any atom is -0.378 e. The summed E-state index contributed by atoms with van der Waals surface area (Å²) in [5.41, 5.74) is 3.95. The molecule has 132 valence electrons. The Labute approximate surface area is 150 Å². The van der Waals surface area contributed by atoms with Crippen molar-refractivity contribution in [3.05, 3.63) is 66.2 Å². The second kappa shape index (κ2) is 7.71. The molecular weight excluding hydrogens is 332 g/mol. The number of rotatable bonds is 5. The van der Waals surface area contributed by atoms with E-state index in [9.17, 15) is 14.7 Å². The van der Waals surface area contributed by atoms with Gasteiger partial charge in [0.05, 0.1) is 11.4 Å². The van der Waals surface area contributed by atoms with Gasteiger partial charge in [-0.15, -0.1) is 0 Å². The van der Waals surface area contributed by atoms with Gasteiger partial charge in [-0.3, -0.25) is 9.59 Å². The zero-order chi connectivity index (χ0) is 18.5. The fourth-order valence-electron chi connectivity index (χ4n) is 2.53. The Morgan fingerprint density at radius 3 is 2.46 bits per heavy atom. The van der Waals surface area contributed by atoms with Gasteiger partial charge in [-0.2, -0.15) is 15.2 Å². The second-order valence-corrected chi connectivity index (χ2v) is 5.77. The van der Waals surface area contributed by atoms with Crippen molar-refractivity contribution in [3.63, 3.8) is 0 Å². The Bertz CT molecular complexity index is 850. The molecule has 0 bridgehead atoms. The lowest BCUT2D eigenvalue weighted by molar-refractivity contribution is -0.129. The van der Waals surface area contributed by atoms with Gasteiger partial charge in [0, 0.05) is 6.21 Å².